The average Bonchev–Trinajstić information content (AvgIpc) is 3.21. The number of nitrogens with one attached hydrogen (secondary N) is 1. The molecule has 5 nitrogen and oxygen atoms in total. The number of carbonyl (C=O) groups is 2. The van der Waals surface area contributed by atoms with Gasteiger partial charge in [0, 0.05) is 18.7 Å². The fourth-order valence-corrected chi connectivity index (χ4v) is 3.25. The number of amides is 2. The number of nitrogens with zero attached hydrogens (tertiary/aromatic N) is 1. The lowest BCUT2D eigenvalue weighted by molar-refractivity contribution is -0.128. The normalized spacial score (nSPS) is 15.5. The van der Waals surface area contributed by atoms with Crippen LogP contribution in [0.25, 0.3) is 4.48 Å². The van der Waals surface area contributed by atoms with E-state index in [9.17, 15) is 9.59 Å². The topological polar surface area (TPSA) is 62.6 Å². The summed E-state index contributed by atoms with van der Waals surface area (Å²) in [6.07, 6.45) is 4.60. The number of hydrogen-bond donors (Lipinski definition) is 1. The molecule has 0 saturated carbocycles. The molecule has 1 N–H and O–H groups in total. The minimum atomic E-state index is -0.329. The predicted octanol–water partition coefficient (Wildman–Crippen LogP) is 3.79. The fraction of sp³-hybridized carbons (Fsp3) is 0.263. The zero-order chi connectivity index (χ0) is 17.6. The summed E-state index contributed by atoms with van der Waals surface area (Å²) < 4.78 is 5.82. The van der Waals surface area contributed by atoms with Gasteiger partial charge in [-0.15, -0.1) is 0 Å². The Balaban J connectivity index is 1.90. The second kappa shape index (κ2) is 8.16. The second-order valence-corrected chi connectivity index (χ2v) is 6.63. The van der Waals surface area contributed by atoms with Gasteiger partial charge in [0.1, 0.15) is 11.5 Å². The molecule has 1 fully saturated rings. The number of likely N-dealkylation sites (tertiary alicyclic amines) is 1. The first kappa shape index (κ1) is 17.5. The molecule has 1 aromatic heterocycles. The van der Waals surface area contributed by atoms with Crippen molar-refractivity contribution in [2.45, 2.75) is 19.3 Å². The highest BCUT2D eigenvalue weighted by Gasteiger charge is 2.26. The van der Waals surface area contributed by atoms with Crippen LogP contribution >= 0.6 is 15.9 Å². The standard InChI is InChI=1S/C19H19BrN2O3/c20-16(15-10-7-13-25-15)17(19(24)22-11-5-2-6-12-22)21-18(23)14-8-3-1-4-9-14/h1,3-4,7-10,13H,2,5-6,11-12H2,(H,21,23). The molecule has 1 aliphatic heterocycles. The molecule has 2 aromatic rings. The molecular weight excluding hydrogens is 384 g/mol. The monoisotopic (exact) mass is 402 g/mol. The van der Waals surface area contributed by atoms with Gasteiger partial charge in [-0.3, -0.25) is 9.59 Å². The number of benzene rings is 1. The van der Waals surface area contributed by atoms with E-state index in [0.717, 1.165) is 19.3 Å². The molecule has 25 heavy (non-hydrogen) atoms. The molecule has 3 rings (SSSR count). The Labute approximate surface area is 154 Å². The summed E-state index contributed by atoms with van der Waals surface area (Å²) in [7, 11) is 0. The lowest BCUT2D eigenvalue weighted by Gasteiger charge is -2.28. The van der Waals surface area contributed by atoms with E-state index in [2.05, 4.69) is 21.2 Å². The molecule has 2 heterocycles. The van der Waals surface area contributed by atoms with E-state index in [0.29, 0.717) is 28.9 Å². The molecule has 0 aliphatic carbocycles. The van der Waals surface area contributed by atoms with Crippen molar-refractivity contribution in [1.82, 2.24) is 10.2 Å². The molecule has 130 valence electrons. The van der Waals surface area contributed by atoms with E-state index in [1.54, 1.807) is 41.3 Å². The fourth-order valence-electron chi connectivity index (χ4n) is 2.76. The summed E-state index contributed by atoms with van der Waals surface area (Å²) in [6, 6.07) is 12.3. The Morgan fingerprint density at radius 1 is 1.00 bits per heavy atom. The van der Waals surface area contributed by atoms with E-state index >= 15 is 0 Å². The van der Waals surface area contributed by atoms with Gasteiger partial charge in [0.25, 0.3) is 11.8 Å². The molecule has 1 saturated heterocycles. The Morgan fingerprint density at radius 3 is 2.36 bits per heavy atom. The number of piperidine rings is 1. The first-order valence-corrected chi connectivity index (χ1v) is 9.05. The van der Waals surface area contributed by atoms with Gasteiger partial charge in [-0.05, 0) is 59.5 Å². The maximum Gasteiger partial charge on any atom is 0.271 e. The Morgan fingerprint density at radius 2 is 1.72 bits per heavy atom. The van der Waals surface area contributed by atoms with E-state index in [1.807, 2.05) is 6.07 Å². The van der Waals surface area contributed by atoms with E-state index in [1.165, 1.54) is 6.26 Å². The van der Waals surface area contributed by atoms with Crippen LogP contribution in [0.1, 0.15) is 35.4 Å². The van der Waals surface area contributed by atoms with Crippen LogP contribution in [0.5, 0.6) is 0 Å². The van der Waals surface area contributed by atoms with Crippen molar-refractivity contribution >= 4 is 32.2 Å². The largest absolute Gasteiger partial charge is 0.464 e. The zero-order valence-corrected chi connectivity index (χ0v) is 15.3. The van der Waals surface area contributed by atoms with Gasteiger partial charge >= 0.3 is 0 Å². The third-order valence-corrected chi connectivity index (χ3v) is 4.88. The first-order chi connectivity index (χ1) is 12.2. The number of carbonyl (C=O) groups excluding carboxylic acids is 2. The lowest BCUT2D eigenvalue weighted by atomic mass is 10.1. The van der Waals surface area contributed by atoms with Crippen molar-refractivity contribution in [2.24, 2.45) is 0 Å². The Kier molecular flexibility index (Phi) is 5.71. The summed E-state index contributed by atoms with van der Waals surface area (Å²) in [6.45, 7) is 1.39. The minimum Gasteiger partial charge on any atom is -0.464 e. The van der Waals surface area contributed by atoms with Crippen LogP contribution in [0.3, 0.4) is 0 Å². The quantitative estimate of drug-likeness (QED) is 0.791. The summed E-state index contributed by atoms with van der Waals surface area (Å²) in [5.41, 5.74) is 0.692. The number of rotatable bonds is 4. The highest BCUT2D eigenvalue weighted by Crippen LogP contribution is 2.26. The van der Waals surface area contributed by atoms with Crippen molar-refractivity contribution in [1.29, 1.82) is 0 Å². The van der Waals surface area contributed by atoms with Crippen LogP contribution < -0.4 is 5.32 Å². The van der Waals surface area contributed by atoms with Gasteiger partial charge in [-0.2, -0.15) is 0 Å². The van der Waals surface area contributed by atoms with Crippen molar-refractivity contribution in [3.8, 4) is 0 Å². The molecule has 0 bridgehead atoms. The lowest BCUT2D eigenvalue weighted by Crippen LogP contribution is -2.41. The zero-order valence-electron chi connectivity index (χ0n) is 13.7. The molecule has 1 aliphatic rings. The van der Waals surface area contributed by atoms with Crippen molar-refractivity contribution in [3.63, 3.8) is 0 Å². The predicted molar refractivity (Wildman–Crippen MR) is 98.9 cm³/mol. The first-order valence-electron chi connectivity index (χ1n) is 8.26. The molecular formula is C19H19BrN2O3. The third-order valence-electron chi connectivity index (χ3n) is 4.09. The third kappa shape index (κ3) is 4.20. The summed E-state index contributed by atoms with van der Waals surface area (Å²) in [5.74, 6) is -0.0366. The van der Waals surface area contributed by atoms with Gasteiger partial charge in [0.2, 0.25) is 0 Å². The van der Waals surface area contributed by atoms with E-state index in [4.69, 9.17) is 4.42 Å². The summed E-state index contributed by atoms with van der Waals surface area (Å²) in [5, 5.41) is 2.76. The van der Waals surface area contributed by atoms with Gasteiger partial charge in [-0.25, -0.2) is 0 Å². The number of halogens is 1. The molecule has 0 unspecified atom stereocenters. The molecule has 0 atom stereocenters. The van der Waals surface area contributed by atoms with Crippen LogP contribution in [-0.4, -0.2) is 29.8 Å². The van der Waals surface area contributed by atoms with Gasteiger partial charge in [-0.1, -0.05) is 18.2 Å². The minimum absolute atomic E-state index is 0.200. The van der Waals surface area contributed by atoms with Crippen molar-refractivity contribution in [2.75, 3.05) is 13.1 Å². The number of hydrogen-bond acceptors (Lipinski definition) is 3. The maximum atomic E-state index is 13.0. The van der Waals surface area contributed by atoms with Crippen LogP contribution in [0.15, 0.2) is 58.8 Å². The average molecular weight is 403 g/mol. The van der Waals surface area contributed by atoms with Crippen LogP contribution in [0.2, 0.25) is 0 Å². The number of furan rings is 1. The highest BCUT2D eigenvalue weighted by molar-refractivity contribution is 9.15. The smallest absolute Gasteiger partial charge is 0.271 e. The van der Waals surface area contributed by atoms with Crippen LogP contribution in [-0.2, 0) is 4.79 Å². The van der Waals surface area contributed by atoms with Gasteiger partial charge in [0.15, 0.2) is 0 Å². The Hall–Kier alpha value is -2.34. The molecule has 1 aromatic carbocycles. The summed E-state index contributed by atoms with van der Waals surface area (Å²) >= 11 is 3.42. The molecule has 0 radical (unpaired) electrons. The highest BCUT2D eigenvalue weighted by atomic mass is 79.9. The van der Waals surface area contributed by atoms with E-state index in [-0.39, 0.29) is 17.5 Å². The van der Waals surface area contributed by atoms with Crippen molar-refractivity contribution < 1.29 is 14.0 Å². The van der Waals surface area contributed by atoms with Crippen LogP contribution in [0, 0.1) is 0 Å². The molecule has 0 spiro atoms. The van der Waals surface area contributed by atoms with Crippen LogP contribution in [0.4, 0.5) is 0 Å². The van der Waals surface area contributed by atoms with Gasteiger partial charge in [0.05, 0.1) is 10.7 Å². The molecule has 6 heteroatoms. The molecule has 2 amide bonds. The SMILES string of the molecule is O=C(NC(C(=O)N1CCCCC1)=C(Br)c1ccco1)c1ccccc1. The Bertz CT molecular complexity index is 763. The summed E-state index contributed by atoms with van der Waals surface area (Å²) in [4.78, 5) is 27.3. The second-order valence-electron chi connectivity index (χ2n) is 5.84. The maximum absolute atomic E-state index is 13.0. The van der Waals surface area contributed by atoms with Gasteiger partial charge < -0.3 is 14.6 Å². The van der Waals surface area contributed by atoms with E-state index < -0.39 is 0 Å². The van der Waals surface area contributed by atoms with Crippen molar-refractivity contribution in [3.05, 3.63) is 65.7 Å².